The fraction of sp³-hybridized carbons (Fsp3) is 0.286. The highest BCUT2D eigenvalue weighted by Gasteiger charge is 2.25. The number of oxazole rings is 1. The normalized spacial score (nSPS) is 12.5. The quantitative estimate of drug-likeness (QED) is 0.156. The number of thiazole rings is 1. The number of aliphatic hydroxyl groups excluding tert-OH is 1. The van der Waals surface area contributed by atoms with Gasteiger partial charge in [-0.15, -0.1) is 11.3 Å². The molecule has 0 saturated carbocycles. The topological polar surface area (TPSA) is 133 Å². The lowest BCUT2D eigenvalue weighted by Gasteiger charge is -2.29. The van der Waals surface area contributed by atoms with E-state index < -0.39 is 18.1 Å². The average molecular weight is 639 g/mol. The Balaban J connectivity index is 1.39. The number of carbonyl (C=O) groups excluding carboxylic acids is 2. The van der Waals surface area contributed by atoms with Crippen LogP contribution >= 0.6 is 11.3 Å². The van der Waals surface area contributed by atoms with Crippen LogP contribution in [0.15, 0.2) is 89.2 Å². The molecule has 2 atom stereocenters. The number of aryl methyl sites for hydroxylation is 1. The van der Waals surface area contributed by atoms with Gasteiger partial charge < -0.3 is 25.1 Å². The molecule has 11 heteroatoms. The Morgan fingerprint density at radius 2 is 1.80 bits per heavy atom. The second kappa shape index (κ2) is 14.9. The fourth-order valence-corrected chi connectivity index (χ4v) is 5.72. The van der Waals surface area contributed by atoms with E-state index in [2.05, 4.69) is 45.5 Å². The number of nitrogens with one attached hydrogen (secondary N) is 2. The van der Waals surface area contributed by atoms with Gasteiger partial charge in [0.05, 0.1) is 36.8 Å². The van der Waals surface area contributed by atoms with E-state index in [0.717, 1.165) is 27.5 Å². The Morgan fingerprint density at radius 3 is 2.48 bits per heavy atom. The molecule has 5 rings (SSSR count). The van der Waals surface area contributed by atoms with Crippen LogP contribution in [0.2, 0.25) is 0 Å². The zero-order valence-electron chi connectivity index (χ0n) is 26.3. The van der Waals surface area contributed by atoms with Crippen molar-refractivity contribution in [2.45, 2.75) is 51.8 Å². The second-order valence-corrected chi connectivity index (χ2v) is 12.5. The molecule has 0 aliphatic rings. The molecule has 5 aromatic rings. The number of hydrogen-bond acceptors (Lipinski definition) is 9. The smallest absolute Gasteiger partial charge is 0.251 e. The maximum absolute atomic E-state index is 13.9. The summed E-state index contributed by atoms with van der Waals surface area (Å²) >= 11 is 1.46. The lowest BCUT2D eigenvalue weighted by molar-refractivity contribution is 0.0843. The van der Waals surface area contributed by atoms with Gasteiger partial charge in [0.15, 0.2) is 0 Å². The summed E-state index contributed by atoms with van der Waals surface area (Å²) in [6.45, 7) is 6.62. The first-order valence-corrected chi connectivity index (χ1v) is 16.0. The van der Waals surface area contributed by atoms with Crippen LogP contribution in [0, 0.1) is 6.92 Å². The predicted octanol–water partition coefficient (Wildman–Crippen LogP) is 5.39. The molecule has 0 spiro atoms. The van der Waals surface area contributed by atoms with Crippen LogP contribution in [0.1, 0.15) is 62.3 Å². The molecule has 0 saturated heterocycles. The van der Waals surface area contributed by atoms with Crippen LogP contribution < -0.4 is 15.5 Å². The van der Waals surface area contributed by atoms with Crippen LogP contribution in [0.5, 0.6) is 0 Å². The highest BCUT2D eigenvalue weighted by atomic mass is 32.1. The number of rotatable bonds is 13. The summed E-state index contributed by atoms with van der Waals surface area (Å²) in [5.74, 6) is -0.218. The van der Waals surface area contributed by atoms with Gasteiger partial charge in [-0.05, 0) is 54.7 Å². The number of aliphatic hydroxyl groups is 1. The van der Waals surface area contributed by atoms with Gasteiger partial charge in [-0.25, -0.2) is 9.97 Å². The van der Waals surface area contributed by atoms with E-state index in [-0.39, 0.29) is 36.0 Å². The van der Waals surface area contributed by atoms with E-state index in [1.165, 1.54) is 29.9 Å². The molecule has 0 bridgehead atoms. The molecule has 0 aliphatic heterocycles. The summed E-state index contributed by atoms with van der Waals surface area (Å²) < 4.78 is 5.49. The summed E-state index contributed by atoms with van der Waals surface area (Å²) in [7, 11) is 1.89. The van der Waals surface area contributed by atoms with Crippen molar-refractivity contribution in [3.63, 3.8) is 0 Å². The minimum atomic E-state index is -0.934. The molecule has 0 aliphatic carbocycles. The molecule has 2 amide bonds. The zero-order chi connectivity index (χ0) is 32.6. The number of likely N-dealkylation sites (N-methyl/N-ethyl adjacent to an activating group) is 1. The van der Waals surface area contributed by atoms with Gasteiger partial charge in [0.1, 0.15) is 11.3 Å². The monoisotopic (exact) mass is 638 g/mol. The number of amides is 2. The zero-order valence-corrected chi connectivity index (χ0v) is 27.1. The average Bonchev–Trinajstić information content (AvgIpc) is 3.76. The second-order valence-electron chi connectivity index (χ2n) is 11.6. The number of benzene rings is 2. The number of carbonyl (C=O) groups is 2. The van der Waals surface area contributed by atoms with Crippen molar-refractivity contribution < 1.29 is 19.1 Å². The third kappa shape index (κ3) is 8.43. The number of pyridine rings is 1. The maximum Gasteiger partial charge on any atom is 0.251 e. The first-order chi connectivity index (χ1) is 22.2. The number of anilines is 1. The third-order valence-electron chi connectivity index (χ3n) is 7.60. The number of nitrogens with zero attached hydrogens (tertiary/aromatic N) is 4. The Bertz CT molecular complexity index is 1760. The minimum absolute atomic E-state index is 0.235. The van der Waals surface area contributed by atoms with Gasteiger partial charge in [-0.3, -0.25) is 14.6 Å². The molecule has 0 unspecified atom stereocenters. The van der Waals surface area contributed by atoms with Crippen molar-refractivity contribution in [1.29, 1.82) is 0 Å². The lowest BCUT2D eigenvalue weighted by atomic mass is 9.99. The predicted molar refractivity (Wildman–Crippen MR) is 179 cm³/mol. The summed E-state index contributed by atoms with van der Waals surface area (Å²) in [5.41, 5.74) is 4.80. The van der Waals surface area contributed by atoms with Crippen LogP contribution in [-0.4, -0.2) is 57.6 Å². The lowest BCUT2D eigenvalue weighted by Crippen LogP contribution is -2.49. The van der Waals surface area contributed by atoms with E-state index in [0.29, 0.717) is 17.9 Å². The van der Waals surface area contributed by atoms with Gasteiger partial charge in [0.25, 0.3) is 11.8 Å². The van der Waals surface area contributed by atoms with Crippen LogP contribution in [-0.2, 0) is 13.0 Å². The summed E-state index contributed by atoms with van der Waals surface area (Å²) in [5, 5.41) is 20.2. The first kappa shape index (κ1) is 32.5. The molecular weight excluding hydrogens is 600 g/mol. The number of hydrogen-bond donors (Lipinski definition) is 3. The molecule has 0 fully saturated rings. The van der Waals surface area contributed by atoms with Crippen molar-refractivity contribution in [2.24, 2.45) is 0 Å². The maximum atomic E-state index is 13.9. The SMILES string of the molecule is Cc1csc(CNC(=O)c2cc(C(=O)N[C@@H](Cc3ccccc3)[C@H](O)CN(C)c3cncc(C(C)C)c3)cc(-c3ncco3)c2)n1. The Morgan fingerprint density at radius 1 is 1.04 bits per heavy atom. The molecule has 2 aromatic carbocycles. The standard InChI is InChI=1S/C35H38N6O4S/c1-22(2)28-16-29(18-36-17-28)41(4)20-31(42)30(12-24-8-6-5-7-9-24)40-34(44)26-13-25(14-27(15-26)35-37-10-11-45-35)33(43)38-19-32-39-23(3)21-46-32/h5-11,13-18,21-22,30-31,42H,12,19-20H2,1-4H3,(H,38,43)(H,40,44)/t30-,31+/m0/s1. The first-order valence-electron chi connectivity index (χ1n) is 15.1. The van der Waals surface area contributed by atoms with Gasteiger partial charge in [-0.2, -0.15) is 0 Å². The molecule has 238 valence electrons. The molecular formula is C35H38N6O4S. The van der Waals surface area contributed by atoms with Crippen LogP contribution in [0.4, 0.5) is 5.69 Å². The highest BCUT2D eigenvalue weighted by Crippen LogP contribution is 2.23. The summed E-state index contributed by atoms with van der Waals surface area (Å²) in [4.78, 5) is 42.0. The Labute approximate surface area is 272 Å². The Kier molecular flexibility index (Phi) is 10.6. The summed E-state index contributed by atoms with van der Waals surface area (Å²) in [6, 6.07) is 15.9. The van der Waals surface area contributed by atoms with Gasteiger partial charge in [-0.1, -0.05) is 44.2 Å². The minimum Gasteiger partial charge on any atom is -0.445 e. The fourth-order valence-electron chi connectivity index (χ4n) is 5.01. The van der Waals surface area contributed by atoms with Gasteiger partial charge in [0.2, 0.25) is 5.89 Å². The molecule has 46 heavy (non-hydrogen) atoms. The van der Waals surface area contributed by atoms with Crippen molar-refractivity contribution in [3.8, 4) is 11.5 Å². The molecule has 3 N–H and O–H groups in total. The van der Waals surface area contributed by atoms with Crippen molar-refractivity contribution >= 4 is 28.8 Å². The largest absolute Gasteiger partial charge is 0.445 e. The van der Waals surface area contributed by atoms with Gasteiger partial charge >= 0.3 is 0 Å². The van der Waals surface area contributed by atoms with Crippen molar-refractivity contribution in [3.05, 3.63) is 118 Å². The number of aromatic nitrogens is 3. The summed E-state index contributed by atoms with van der Waals surface area (Å²) in [6.07, 6.45) is 6.00. The van der Waals surface area contributed by atoms with E-state index in [1.807, 2.05) is 60.8 Å². The van der Waals surface area contributed by atoms with Crippen LogP contribution in [0.3, 0.4) is 0 Å². The van der Waals surface area contributed by atoms with Crippen molar-refractivity contribution in [2.75, 3.05) is 18.5 Å². The molecule has 3 heterocycles. The third-order valence-corrected chi connectivity index (χ3v) is 8.56. The van der Waals surface area contributed by atoms with E-state index >= 15 is 0 Å². The van der Waals surface area contributed by atoms with Crippen LogP contribution in [0.25, 0.3) is 11.5 Å². The van der Waals surface area contributed by atoms with E-state index in [1.54, 1.807) is 18.3 Å². The van der Waals surface area contributed by atoms with Crippen molar-refractivity contribution in [1.82, 2.24) is 25.6 Å². The highest BCUT2D eigenvalue weighted by molar-refractivity contribution is 7.09. The molecule has 0 radical (unpaired) electrons. The van der Waals surface area contributed by atoms with Gasteiger partial charge in [0, 0.05) is 47.6 Å². The molecule has 10 nitrogen and oxygen atoms in total. The van der Waals surface area contributed by atoms with E-state index in [4.69, 9.17) is 4.42 Å². The van der Waals surface area contributed by atoms with E-state index in [9.17, 15) is 14.7 Å². The Hall–Kier alpha value is -4.87. The molecule has 3 aromatic heterocycles.